The van der Waals surface area contributed by atoms with Crippen LogP contribution in [0.3, 0.4) is 0 Å². The van der Waals surface area contributed by atoms with E-state index >= 15 is 0 Å². The predicted molar refractivity (Wildman–Crippen MR) is 46.4 cm³/mol. The maximum Gasteiger partial charge on any atom is 0.127 e. The predicted octanol–water partition coefficient (Wildman–Crippen LogP) is 2.15. The Bertz CT molecular complexity index is 262. The van der Waals surface area contributed by atoms with Gasteiger partial charge in [-0.2, -0.15) is 0 Å². The monoisotopic (exact) mass is 213 g/mol. The highest BCUT2D eigenvalue weighted by Crippen LogP contribution is 2.15. The normalized spacial score (nSPS) is 12.5. The van der Waals surface area contributed by atoms with E-state index in [1.165, 1.54) is 0 Å². The van der Waals surface area contributed by atoms with Gasteiger partial charge in [0.15, 0.2) is 0 Å². The number of pyridine rings is 1. The molecule has 2 nitrogen and oxygen atoms in total. The summed E-state index contributed by atoms with van der Waals surface area (Å²) in [5, 5.41) is 0. The van der Waals surface area contributed by atoms with Gasteiger partial charge in [0.2, 0.25) is 0 Å². The molecule has 0 spiro atoms. The van der Waals surface area contributed by atoms with Crippen LogP contribution in [0, 0.1) is 0 Å². The molecule has 0 N–H and O–H groups in total. The van der Waals surface area contributed by atoms with Crippen LogP contribution in [0.1, 0.15) is 18.4 Å². The summed E-state index contributed by atoms with van der Waals surface area (Å²) in [5.41, 5.74) is 0.939. The average molecular weight is 214 g/mol. The van der Waals surface area contributed by atoms with Gasteiger partial charge in [-0.05, 0) is 27.6 Å². The molecule has 0 fully saturated rings. The van der Waals surface area contributed by atoms with Crippen molar-refractivity contribution in [3.63, 3.8) is 0 Å². The molecule has 1 aromatic heterocycles. The Balaban J connectivity index is 2.95. The first-order valence-corrected chi connectivity index (χ1v) is 4.09. The van der Waals surface area contributed by atoms with Gasteiger partial charge in [0.25, 0.3) is 0 Å². The number of hydrogen-bond donors (Lipinski definition) is 0. The fourth-order valence-corrected chi connectivity index (χ4v) is 1.14. The molecule has 1 rings (SSSR count). The fourth-order valence-electron chi connectivity index (χ4n) is 0.756. The molecule has 0 aliphatic heterocycles. The summed E-state index contributed by atoms with van der Waals surface area (Å²) in [4.78, 5) is 14.3. The maximum atomic E-state index is 10.4. The van der Waals surface area contributed by atoms with E-state index in [1.54, 1.807) is 12.4 Å². The molecule has 1 unspecified atom stereocenters. The molecule has 0 bridgehead atoms. The Kier molecular flexibility index (Phi) is 2.76. The van der Waals surface area contributed by atoms with Crippen LogP contribution >= 0.6 is 15.9 Å². The van der Waals surface area contributed by atoms with Gasteiger partial charge in [0, 0.05) is 22.8 Å². The van der Waals surface area contributed by atoms with Gasteiger partial charge in [-0.15, -0.1) is 0 Å². The van der Waals surface area contributed by atoms with Crippen LogP contribution < -0.4 is 0 Å². The Labute approximate surface area is 73.8 Å². The van der Waals surface area contributed by atoms with E-state index in [1.807, 2.05) is 13.0 Å². The number of rotatable bonds is 2. The fraction of sp³-hybridized carbons (Fsp3) is 0.250. The second kappa shape index (κ2) is 3.62. The van der Waals surface area contributed by atoms with Crippen molar-refractivity contribution in [2.45, 2.75) is 12.8 Å². The number of hydrogen-bond acceptors (Lipinski definition) is 2. The molecule has 0 aromatic carbocycles. The smallest absolute Gasteiger partial charge is 0.127 e. The van der Waals surface area contributed by atoms with Crippen LogP contribution in [0.5, 0.6) is 0 Å². The van der Waals surface area contributed by atoms with Crippen molar-refractivity contribution in [2.24, 2.45) is 0 Å². The van der Waals surface area contributed by atoms with Crippen LogP contribution in [0.2, 0.25) is 0 Å². The van der Waals surface area contributed by atoms with Crippen molar-refractivity contribution in [1.82, 2.24) is 4.98 Å². The average Bonchev–Trinajstić information content (AvgIpc) is 2.03. The molecule has 1 heterocycles. The summed E-state index contributed by atoms with van der Waals surface area (Å²) in [5.74, 6) is -0.0694. The molecule has 0 saturated carbocycles. The van der Waals surface area contributed by atoms with Gasteiger partial charge in [-0.1, -0.05) is 6.92 Å². The Morgan fingerprint density at radius 3 is 2.91 bits per heavy atom. The zero-order valence-corrected chi connectivity index (χ0v) is 7.71. The van der Waals surface area contributed by atoms with E-state index in [2.05, 4.69) is 20.9 Å². The molecule has 1 atom stereocenters. The first-order chi connectivity index (χ1) is 5.24. The summed E-state index contributed by atoms with van der Waals surface area (Å²) in [6.45, 7) is 1.84. The molecule has 0 saturated heterocycles. The van der Waals surface area contributed by atoms with E-state index < -0.39 is 0 Å². The number of aldehydes is 1. The molecule has 3 heteroatoms. The first-order valence-electron chi connectivity index (χ1n) is 3.30. The number of carbonyl (C=O) groups excluding carboxylic acids is 1. The topological polar surface area (TPSA) is 30.0 Å². The van der Waals surface area contributed by atoms with Crippen molar-refractivity contribution in [2.75, 3.05) is 0 Å². The van der Waals surface area contributed by atoms with Gasteiger partial charge in [0.05, 0.1) is 0 Å². The number of halogens is 1. The van der Waals surface area contributed by atoms with Crippen molar-refractivity contribution in [3.05, 3.63) is 28.5 Å². The van der Waals surface area contributed by atoms with Gasteiger partial charge >= 0.3 is 0 Å². The maximum absolute atomic E-state index is 10.4. The van der Waals surface area contributed by atoms with Crippen LogP contribution in [0.4, 0.5) is 0 Å². The van der Waals surface area contributed by atoms with Crippen molar-refractivity contribution >= 4 is 22.2 Å². The second-order valence-corrected chi connectivity index (χ2v) is 3.28. The number of carbonyl (C=O) groups is 1. The Hall–Kier alpha value is -0.700. The lowest BCUT2D eigenvalue weighted by Gasteiger charge is -2.01. The third-order valence-electron chi connectivity index (χ3n) is 1.46. The third kappa shape index (κ3) is 2.12. The van der Waals surface area contributed by atoms with E-state index in [0.29, 0.717) is 0 Å². The zero-order chi connectivity index (χ0) is 8.27. The summed E-state index contributed by atoms with van der Waals surface area (Å²) in [7, 11) is 0. The minimum absolute atomic E-state index is 0.0694. The van der Waals surface area contributed by atoms with Crippen LogP contribution in [0.15, 0.2) is 22.9 Å². The lowest BCUT2D eigenvalue weighted by atomic mass is 10.1. The Morgan fingerprint density at radius 2 is 2.36 bits per heavy atom. The van der Waals surface area contributed by atoms with Gasteiger partial charge in [-0.3, -0.25) is 4.98 Å². The largest absolute Gasteiger partial charge is 0.303 e. The molecule has 58 valence electrons. The minimum atomic E-state index is -0.0694. The SMILES string of the molecule is CC(C=O)c1cncc(Br)c1. The quantitative estimate of drug-likeness (QED) is 0.706. The third-order valence-corrected chi connectivity index (χ3v) is 1.89. The standard InChI is InChI=1S/C8H8BrNO/c1-6(5-11)7-2-8(9)4-10-3-7/h2-6H,1H3. The number of aromatic nitrogens is 1. The molecular formula is C8H8BrNO. The molecule has 0 amide bonds. The van der Waals surface area contributed by atoms with Crippen molar-refractivity contribution in [1.29, 1.82) is 0 Å². The molecular weight excluding hydrogens is 206 g/mol. The minimum Gasteiger partial charge on any atom is -0.303 e. The molecule has 0 radical (unpaired) electrons. The zero-order valence-electron chi connectivity index (χ0n) is 6.12. The number of nitrogens with zero attached hydrogens (tertiary/aromatic N) is 1. The van der Waals surface area contributed by atoms with Crippen LogP contribution in [0.25, 0.3) is 0 Å². The summed E-state index contributed by atoms with van der Waals surface area (Å²) >= 11 is 3.28. The summed E-state index contributed by atoms with van der Waals surface area (Å²) in [6, 6.07) is 1.89. The molecule has 0 aliphatic rings. The van der Waals surface area contributed by atoms with Crippen molar-refractivity contribution in [3.8, 4) is 0 Å². The highest BCUT2D eigenvalue weighted by atomic mass is 79.9. The van der Waals surface area contributed by atoms with E-state index in [4.69, 9.17) is 0 Å². The van der Waals surface area contributed by atoms with Gasteiger partial charge in [0.1, 0.15) is 6.29 Å². The summed E-state index contributed by atoms with van der Waals surface area (Å²) in [6.07, 6.45) is 4.30. The highest BCUT2D eigenvalue weighted by Gasteiger charge is 2.03. The Morgan fingerprint density at radius 1 is 1.64 bits per heavy atom. The second-order valence-electron chi connectivity index (χ2n) is 2.36. The van der Waals surface area contributed by atoms with Gasteiger partial charge < -0.3 is 4.79 Å². The molecule has 11 heavy (non-hydrogen) atoms. The lowest BCUT2D eigenvalue weighted by Crippen LogP contribution is -1.94. The van der Waals surface area contributed by atoms with Crippen LogP contribution in [-0.4, -0.2) is 11.3 Å². The van der Waals surface area contributed by atoms with E-state index in [-0.39, 0.29) is 5.92 Å². The first kappa shape index (κ1) is 8.40. The summed E-state index contributed by atoms with van der Waals surface area (Å²) < 4.78 is 0.906. The van der Waals surface area contributed by atoms with E-state index in [9.17, 15) is 4.79 Å². The van der Waals surface area contributed by atoms with Crippen molar-refractivity contribution < 1.29 is 4.79 Å². The molecule has 0 aliphatic carbocycles. The molecule has 1 aromatic rings. The van der Waals surface area contributed by atoms with Crippen LogP contribution in [-0.2, 0) is 4.79 Å². The van der Waals surface area contributed by atoms with Gasteiger partial charge in [-0.25, -0.2) is 0 Å². The van der Waals surface area contributed by atoms with E-state index in [0.717, 1.165) is 16.3 Å². The highest BCUT2D eigenvalue weighted by molar-refractivity contribution is 9.10. The lowest BCUT2D eigenvalue weighted by molar-refractivity contribution is -0.108.